The zero-order valence-corrected chi connectivity index (χ0v) is 20.9. The lowest BCUT2D eigenvalue weighted by Crippen LogP contribution is -2.51. The number of carboxylic acids is 1. The summed E-state index contributed by atoms with van der Waals surface area (Å²) >= 11 is 12.5. The van der Waals surface area contributed by atoms with Gasteiger partial charge in [-0.2, -0.15) is 0 Å². The van der Waals surface area contributed by atoms with Crippen LogP contribution in [0, 0.1) is 0 Å². The van der Waals surface area contributed by atoms with Crippen LogP contribution in [-0.2, 0) is 20.9 Å². The summed E-state index contributed by atoms with van der Waals surface area (Å²) in [5.41, 5.74) is 0.414. The summed E-state index contributed by atoms with van der Waals surface area (Å²) < 4.78 is 5.11. The highest BCUT2D eigenvalue weighted by atomic mass is 35.5. The lowest BCUT2D eigenvalue weighted by atomic mass is 10.1. The van der Waals surface area contributed by atoms with Crippen LogP contribution in [0.3, 0.4) is 0 Å². The maximum Gasteiger partial charge on any atom is 0.328 e. The van der Waals surface area contributed by atoms with Crippen molar-refractivity contribution in [1.29, 1.82) is 0 Å². The molecule has 36 heavy (non-hydrogen) atoms. The highest BCUT2D eigenvalue weighted by molar-refractivity contribution is 6.39. The topological polar surface area (TPSA) is 150 Å². The zero-order chi connectivity index (χ0) is 26.2. The first kappa shape index (κ1) is 27.3. The molecular weight excluding hydrogens is 511 g/mol. The van der Waals surface area contributed by atoms with E-state index in [4.69, 9.17) is 27.6 Å². The number of carbonyl (C=O) groups is 4. The largest absolute Gasteiger partial charge is 0.480 e. The van der Waals surface area contributed by atoms with E-state index in [1.54, 1.807) is 12.1 Å². The number of benzene rings is 1. The standard InChI is InChI=1S/C24H26Cl2N4O6/c1-13-4-6-18(29-13)22(32)28-12-19(24(34)35)30-23(33)21-16(25)9-14(10-17(21)26)11-27-20(31)7-5-15-3-2-8-36-15/h2-3,5,7-10,13,18-19,29H,4,6,11-12H2,1H3,(H,27,31)(H,28,32)(H,30,33)(H,34,35)/t13?,18-,19-/m0/s1. The fraction of sp³-hybridized carbons (Fsp3) is 0.333. The first-order valence-corrected chi connectivity index (χ1v) is 11.9. The second-order valence-electron chi connectivity index (χ2n) is 8.31. The number of halogens is 2. The van der Waals surface area contributed by atoms with E-state index < -0.39 is 24.0 Å². The number of amides is 3. The lowest BCUT2D eigenvalue weighted by molar-refractivity contribution is -0.139. The van der Waals surface area contributed by atoms with Crippen molar-refractivity contribution in [3.8, 4) is 0 Å². The molecule has 2 heterocycles. The van der Waals surface area contributed by atoms with Crippen LogP contribution < -0.4 is 21.3 Å². The number of rotatable bonds is 10. The summed E-state index contributed by atoms with van der Waals surface area (Å²) in [6.07, 6.45) is 5.79. The van der Waals surface area contributed by atoms with Crippen LogP contribution >= 0.6 is 23.2 Å². The van der Waals surface area contributed by atoms with Gasteiger partial charge < -0.3 is 30.8 Å². The Morgan fingerprint density at radius 2 is 1.92 bits per heavy atom. The van der Waals surface area contributed by atoms with Crippen LogP contribution in [0.15, 0.2) is 41.0 Å². The van der Waals surface area contributed by atoms with E-state index >= 15 is 0 Å². The minimum Gasteiger partial charge on any atom is -0.480 e. The molecule has 0 radical (unpaired) electrons. The number of carboxylic acid groups (broad SMARTS) is 1. The van der Waals surface area contributed by atoms with Gasteiger partial charge in [0.15, 0.2) is 0 Å². The molecule has 0 spiro atoms. The van der Waals surface area contributed by atoms with Crippen molar-refractivity contribution in [3.63, 3.8) is 0 Å². The van der Waals surface area contributed by atoms with Crippen LogP contribution in [0.5, 0.6) is 0 Å². The Kier molecular flexibility index (Phi) is 9.51. The summed E-state index contributed by atoms with van der Waals surface area (Å²) in [4.78, 5) is 48.7. The molecule has 3 atom stereocenters. The number of furan rings is 1. The SMILES string of the molecule is CC1CC[C@@H](C(=O)NC[C@H](NC(=O)c2c(Cl)cc(CNC(=O)C=Cc3ccco3)cc2Cl)C(=O)O)N1. The molecule has 12 heteroatoms. The molecular formula is C24H26Cl2N4O6. The summed E-state index contributed by atoms with van der Waals surface area (Å²) in [5.74, 6) is -2.33. The summed E-state index contributed by atoms with van der Waals surface area (Å²) in [6, 6.07) is 4.70. The molecule has 1 aliphatic heterocycles. The molecule has 2 aromatic rings. The van der Waals surface area contributed by atoms with Crippen molar-refractivity contribution in [2.45, 2.75) is 44.4 Å². The lowest BCUT2D eigenvalue weighted by Gasteiger charge is -2.18. The summed E-state index contributed by atoms with van der Waals surface area (Å²) in [6.45, 7) is 1.73. The molecule has 0 aliphatic carbocycles. The smallest absolute Gasteiger partial charge is 0.328 e. The number of nitrogens with one attached hydrogen (secondary N) is 4. The van der Waals surface area contributed by atoms with E-state index in [0.717, 1.165) is 6.42 Å². The van der Waals surface area contributed by atoms with Gasteiger partial charge >= 0.3 is 5.97 Å². The molecule has 1 aromatic heterocycles. The van der Waals surface area contributed by atoms with Gasteiger partial charge in [-0.05, 0) is 55.7 Å². The molecule has 5 N–H and O–H groups in total. The molecule has 192 valence electrons. The number of carbonyl (C=O) groups excluding carboxylic acids is 3. The van der Waals surface area contributed by atoms with E-state index in [-0.39, 0.29) is 46.6 Å². The van der Waals surface area contributed by atoms with Crippen LogP contribution in [0.2, 0.25) is 10.0 Å². The Labute approximate surface area is 217 Å². The minimum atomic E-state index is -1.40. The van der Waals surface area contributed by atoms with Crippen molar-refractivity contribution in [3.05, 3.63) is 63.5 Å². The van der Waals surface area contributed by atoms with Crippen molar-refractivity contribution in [2.75, 3.05) is 6.54 Å². The third-order valence-electron chi connectivity index (χ3n) is 5.51. The van der Waals surface area contributed by atoms with Crippen molar-refractivity contribution in [2.24, 2.45) is 0 Å². The highest BCUT2D eigenvalue weighted by Crippen LogP contribution is 2.27. The van der Waals surface area contributed by atoms with Gasteiger partial charge in [-0.3, -0.25) is 14.4 Å². The molecule has 0 saturated carbocycles. The van der Waals surface area contributed by atoms with Crippen LogP contribution in [0.4, 0.5) is 0 Å². The average molecular weight is 537 g/mol. The molecule has 10 nitrogen and oxygen atoms in total. The van der Waals surface area contributed by atoms with E-state index in [9.17, 15) is 24.3 Å². The van der Waals surface area contributed by atoms with Gasteiger partial charge in [-0.15, -0.1) is 0 Å². The molecule has 1 aliphatic rings. The van der Waals surface area contributed by atoms with E-state index in [0.29, 0.717) is 17.7 Å². The fourth-order valence-corrected chi connectivity index (χ4v) is 4.33. The van der Waals surface area contributed by atoms with Gasteiger partial charge in [-0.1, -0.05) is 23.2 Å². The average Bonchev–Trinajstić information content (AvgIpc) is 3.50. The molecule has 1 unspecified atom stereocenters. The molecule has 1 fully saturated rings. The Hall–Kier alpha value is -3.34. The maximum atomic E-state index is 12.8. The van der Waals surface area contributed by atoms with E-state index in [1.807, 2.05) is 6.92 Å². The van der Waals surface area contributed by atoms with Crippen LogP contribution in [-0.4, -0.2) is 53.5 Å². The third-order valence-corrected chi connectivity index (χ3v) is 6.11. The minimum absolute atomic E-state index is 0.0207. The van der Waals surface area contributed by atoms with Crippen LogP contribution in [0.1, 0.15) is 41.4 Å². The van der Waals surface area contributed by atoms with Gasteiger partial charge in [0.25, 0.3) is 5.91 Å². The number of aliphatic carboxylic acids is 1. The summed E-state index contributed by atoms with van der Waals surface area (Å²) in [5, 5.41) is 20.1. The van der Waals surface area contributed by atoms with E-state index in [2.05, 4.69) is 21.3 Å². The second-order valence-corrected chi connectivity index (χ2v) is 9.12. The van der Waals surface area contributed by atoms with Crippen molar-refractivity contribution >= 4 is 53.0 Å². The predicted molar refractivity (Wildman–Crippen MR) is 134 cm³/mol. The van der Waals surface area contributed by atoms with Gasteiger partial charge in [-0.25, -0.2) is 4.79 Å². The molecule has 0 bridgehead atoms. The second kappa shape index (κ2) is 12.6. The fourth-order valence-electron chi connectivity index (χ4n) is 3.63. The van der Waals surface area contributed by atoms with E-state index in [1.165, 1.54) is 30.5 Å². The van der Waals surface area contributed by atoms with Gasteiger partial charge in [0.1, 0.15) is 11.8 Å². The van der Waals surface area contributed by atoms with Gasteiger partial charge in [0.2, 0.25) is 11.8 Å². The van der Waals surface area contributed by atoms with Crippen molar-refractivity contribution in [1.82, 2.24) is 21.3 Å². The number of hydrogen-bond acceptors (Lipinski definition) is 6. The number of hydrogen-bond donors (Lipinski definition) is 5. The van der Waals surface area contributed by atoms with Gasteiger partial charge in [0, 0.05) is 25.2 Å². The Morgan fingerprint density at radius 3 is 2.50 bits per heavy atom. The first-order chi connectivity index (χ1) is 17.1. The molecule has 1 saturated heterocycles. The quantitative estimate of drug-likeness (QED) is 0.292. The maximum absolute atomic E-state index is 12.8. The Morgan fingerprint density at radius 1 is 1.19 bits per heavy atom. The zero-order valence-electron chi connectivity index (χ0n) is 19.3. The Bertz CT molecular complexity index is 1130. The van der Waals surface area contributed by atoms with Crippen molar-refractivity contribution < 1.29 is 28.7 Å². The summed E-state index contributed by atoms with van der Waals surface area (Å²) in [7, 11) is 0. The predicted octanol–water partition coefficient (Wildman–Crippen LogP) is 2.36. The molecule has 3 amide bonds. The molecule has 3 rings (SSSR count). The normalized spacial score (nSPS) is 18.1. The molecule has 1 aromatic carbocycles. The Balaban J connectivity index is 1.57. The van der Waals surface area contributed by atoms with Gasteiger partial charge in [0.05, 0.1) is 27.9 Å². The first-order valence-electron chi connectivity index (χ1n) is 11.2. The monoisotopic (exact) mass is 536 g/mol. The highest BCUT2D eigenvalue weighted by Gasteiger charge is 2.29. The third kappa shape index (κ3) is 7.58. The van der Waals surface area contributed by atoms with Crippen LogP contribution in [0.25, 0.3) is 6.08 Å².